The highest BCUT2D eigenvalue weighted by atomic mass is 35.5. The van der Waals surface area contributed by atoms with Crippen LogP contribution in [0.15, 0.2) is 24.3 Å². The van der Waals surface area contributed by atoms with Gasteiger partial charge in [0.2, 0.25) is 0 Å². The van der Waals surface area contributed by atoms with Crippen LogP contribution in [0, 0.1) is 5.92 Å². The Morgan fingerprint density at radius 2 is 1.84 bits per heavy atom. The first-order valence-corrected chi connectivity index (χ1v) is 11.7. The number of nitrogens with one attached hydrogen (secondary N) is 2. The van der Waals surface area contributed by atoms with E-state index in [9.17, 15) is 9.59 Å². The second kappa shape index (κ2) is 10.7. The molecule has 4 rings (SSSR count). The maximum Gasteiger partial charge on any atom is 0.324 e. The molecular formula is C22H28Cl2N4O2S. The van der Waals surface area contributed by atoms with Crippen molar-refractivity contribution >= 4 is 58.0 Å². The van der Waals surface area contributed by atoms with Crippen molar-refractivity contribution < 1.29 is 9.59 Å². The molecule has 1 aromatic heterocycles. The molecule has 168 valence electrons. The van der Waals surface area contributed by atoms with E-state index < -0.39 is 11.9 Å². The van der Waals surface area contributed by atoms with Crippen LogP contribution in [0.3, 0.4) is 0 Å². The van der Waals surface area contributed by atoms with Gasteiger partial charge in [-0.3, -0.25) is 15.0 Å². The monoisotopic (exact) mass is 482 g/mol. The minimum absolute atomic E-state index is 0. The number of hydrogen-bond acceptors (Lipinski definition) is 4. The summed E-state index contributed by atoms with van der Waals surface area (Å²) in [5.41, 5.74) is 7.75. The van der Waals surface area contributed by atoms with Gasteiger partial charge in [-0.05, 0) is 55.0 Å². The Morgan fingerprint density at radius 3 is 2.52 bits per heavy atom. The van der Waals surface area contributed by atoms with Crippen LogP contribution >= 0.6 is 35.3 Å². The van der Waals surface area contributed by atoms with Gasteiger partial charge in [-0.2, -0.15) is 0 Å². The Morgan fingerprint density at radius 1 is 1.13 bits per heavy atom. The maximum absolute atomic E-state index is 12.5. The average Bonchev–Trinajstić information content (AvgIpc) is 3.07. The number of nitrogens with two attached hydrogens (primary N) is 1. The third-order valence-corrected chi connectivity index (χ3v) is 7.34. The highest BCUT2D eigenvalue weighted by Gasteiger charge is 2.29. The van der Waals surface area contributed by atoms with E-state index in [1.165, 1.54) is 43.4 Å². The lowest BCUT2D eigenvalue weighted by molar-refractivity contribution is 0.0999. The van der Waals surface area contributed by atoms with E-state index >= 15 is 0 Å². The summed E-state index contributed by atoms with van der Waals surface area (Å²) in [6.45, 7) is 2.86. The number of nitrogens with zero attached hydrogens (tertiary/aromatic N) is 1. The lowest BCUT2D eigenvalue weighted by atomic mass is 9.88. The molecule has 2 aliphatic rings. The number of carbonyl (C=O) groups excluding carboxylic acids is 2. The van der Waals surface area contributed by atoms with Crippen molar-refractivity contribution in [1.82, 2.24) is 4.90 Å². The van der Waals surface area contributed by atoms with Crippen molar-refractivity contribution in [3.8, 4) is 0 Å². The van der Waals surface area contributed by atoms with Crippen LogP contribution in [0.25, 0.3) is 0 Å². The predicted molar refractivity (Wildman–Crippen MR) is 130 cm³/mol. The molecule has 0 atom stereocenters. The Bertz CT molecular complexity index is 926. The summed E-state index contributed by atoms with van der Waals surface area (Å²) in [5, 5.41) is 6.71. The summed E-state index contributed by atoms with van der Waals surface area (Å²) in [4.78, 5) is 28.2. The van der Waals surface area contributed by atoms with Crippen molar-refractivity contribution in [2.75, 3.05) is 23.7 Å². The topological polar surface area (TPSA) is 87.5 Å². The number of carbonyl (C=O) groups is 2. The summed E-state index contributed by atoms with van der Waals surface area (Å²) < 4.78 is 0. The molecule has 1 aliphatic carbocycles. The van der Waals surface area contributed by atoms with Gasteiger partial charge in [0.25, 0.3) is 5.91 Å². The number of urea groups is 1. The number of rotatable bonds is 5. The first-order valence-electron chi connectivity index (χ1n) is 10.5. The number of fused-ring (bicyclic) bond motifs is 1. The summed E-state index contributed by atoms with van der Waals surface area (Å²) >= 11 is 7.34. The lowest BCUT2D eigenvalue weighted by Gasteiger charge is -2.32. The molecule has 4 N–H and O–H groups in total. The first-order chi connectivity index (χ1) is 14.5. The summed E-state index contributed by atoms with van der Waals surface area (Å²) in [5.74, 6) is 0.286. The van der Waals surface area contributed by atoms with Crippen molar-refractivity contribution in [3.63, 3.8) is 0 Å². The zero-order valence-electron chi connectivity index (χ0n) is 17.3. The van der Waals surface area contributed by atoms with E-state index in [1.54, 1.807) is 24.3 Å². The molecule has 31 heavy (non-hydrogen) atoms. The van der Waals surface area contributed by atoms with Gasteiger partial charge >= 0.3 is 6.03 Å². The number of hydrogen-bond donors (Lipinski definition) is 3. The first kappa shape index (κ1) is 23.9. The van der Waals surface area contributed by atoms with Crippen molar-refractivity contribution in [2.45, 2.75) is 45.1 Å². The Balaban J connectivity index is 0.00000272. The SMILES string of the molecule is Cl.NC(=O)c1c(NC(=O)Nc2ccc(Cl)cc2)sc2c1CCN(CC1CCCCC1)C2. The van der Waals surface area contributed by atoms with E-state index in [0.29, 0.717) is 21.3 Å². The minimum atomic E-state index is -0.491. The van der Waals surface area contributed by atoms with E-state index in [-0.39, 0.29) is 12.4 Å². The maximum atomic E-state index is 12.5. The van der Waals surface area contributed by atoms with Gasteiger partial charge in [0.05, 0.1) is 5.56 Å². The molecule has 1 aromatic carbocycles. The molecule has 1 fully saturated rings. The summed E-state index contributed by atoms with van der Waals surface area (Å²) in [7, 11) is 0. The number of anilines is 2. The molecular weight excluding hydrogens is 455 g/mol. The van der Waals surface area contributed by atoms with Crippen LogP contribution in [0.5, 0.6) is 0 Å². The van der Waals surface area contributed by atoms with E-state index in [1.807, 2.05) is 0 Å². The molecule has 1 saturated carbocycles. The molecule has 2 aromatic rings. The standard InChI is InChI=1S/C22H27ClN4O2S.ClH/c23-15-6-8-16(9-7-15)25-22(29)26-21-19(20(24)28)17-10-11-27(13-18(17)30-21)12-14-4-2-1-3-5-14;/h6-9,14H,1-5,10-13H2,(H2,24,28)(H2,25,26,29);1H. The minimum Gasteiger partial charge on any atom is -0.365 e. The number of thiophene rings is 1. The molecule has 3 amide bonds. The number of halogens is 2. The number of primary amides is 1. The van der Waals surface area contributed by atoms with Gasteiger partial charge in [0.15, 0.2) is 0 Å². The zero-order valence-corrected chi connectivity index (χ0v) is 19.7. The third kappa shape index (κ3) is 5.92. The van der Waals surface area contributed by atoms with E-state index in [0.717, 1.165) is 42.4 Å². The van der Waals surface area contributed by atoms with Crippen LogP contribution in [0.2, 0.25) is 5.02 Å². The summed E-state index contributed by atoms with van der Waals surface area (Å²) in [6.07, 6.45) is 7.46. The summed E-state index contributed by atoms with van der Waals surface area (Å²) in [6, 6.07) is 6.45. The molecule has 2 heterocycles. The second-order valence-corrected chi connectivity index (χ2v) is 9.69. The van der Waals surface area contributed by atoms with Crippen LogP contribution in [-0.4, -0.2) is 29.9 Å². The fraction of sp³-hybridized carbons (Fsp3) is 0.455. The van der Waals surface area contributed by atoms with Crippen LogP contribution in [0.4, 0.5) is 15.5 Å². The molecule has 1 aliphatic heterocycles. The Kier molecular flexibility index (Phi) is 8.22. The molecule has 0 bridgehead atoms. The van der Waals surface area contributed by atoms with Crippen LogP contribution in [-0.2, 0) is 13.0 Å². The van der Waals surface area contributed by atoms with Crippen molar-refractivity contribution in [3.05, 3.63) is 45.3 Å². The smallest absolute Gasteiger partial charge is 0.324 e. The fourth-order valence-corrected chi connectivity index (χ4v) is 5.91. The predicted octanol–water partition coefficient (Wildman–Crippen LogP) is 5.50. The van der Waals surface area contributed by atoms with Gasteiger partial charge in [0, 0.05) is 35.2 Å². The molecule has 0 radical (unpaired) electrons. The molecule has 0 spiro atoms. The average molecular weight is 483 g/mol. The largest absolute Gasteiger partial charge is 0.365 e. The van der Waals surface area contributed by atoms with Crippen LogP contribution < -0.4 is 16.4 Å². The molecule has 0 saturated heterocycles. The Hall–Kier alpha value is -1.80. The van der Waals surface area contributed by atoms with Gasteiger partial charge in [0.1, 0.15) is 5.00 Å². The van der Waals surface area contributed by atoms with Gasteiger partial charge in [-0.1, -0.05) is 30.9 Å². The fourth-order valence-electron chi connectivity index (χ4n) is 4.49. The third-order valence-electron chi connectivity index (χ3n) is 5.95. The molecule has 6 nitrogen and oxygen atoms in total. The second-order valence-electron chi connectivity index (χ2n) is 8.15. The number of amides is 3. The zero-order chi connectivity index (χ0) is 21.1. The molecule has 9 heteroatoms. The highest BCUT2D eigenvalue weighted by Crippen LogP contribution is 2.37. The van der Waals surface area contributed by atoms with Crippen molar-refractivity contribution in [1.29, 1.82) is 0 Å². The number of benzene rings is 1. The quantitative estimate of drug-likeness (QED) is 0.525. The van der Waals surface area contributed by atoms with Gasteiger partial charge in [-0.25, -0.2) is 4.79 Å². The van der Waals surface area contributed by atoms with Crippen LogP contribution in [0.1, 0.15) is 52.9 Å². The van der Waals surface area contributed by atoms with E-state index in [2.05, 4.69) is 15.5 Å². The van der Waals surface area contributed by atoms with E-state index in [4.69, 9.17) is 17.3 Å². The van der Waals surface area contributed by atoms with Gasteiger partial charge in [-0.15, -0.1) is 23.7 Å². The lowest BCUT2D eigenvalue weighted by Crippen LogP contribution is -2.35. The Labute approximate surface area is 197 Å². The normalized spacial score (nSPS) is 16.8. The molecule has 0 unspecified atom stereocenters. The van der Waals surface area contributed by atoms with Gasteiger partial charge < -0.3 is 11.1 Å². The highest BCUT2D eigenvalue weighted by molar-refractivity contribution is 7.17. The van der Waals surface area contributed by atoms with Crippen molar-refractivity contribution in [2.24, 2.45) is 11.7 Å².